The molecule has 4 rings (SSSR count). The monoisotopic (exact) mass is 413 g/mol. The van der Waals surface area contributed by atoms with Crippen molar-refractivity contribution in [3.8, 4) is 0 Å². The minimum atomic E-state index is -2.80. The molecular formula is C22H27N3O3S. The minimum absolute atomic E-state index is 0.296. The van der Waals surface area contributed by atoms with E-state index in [0.717, 1.165) is 28.0 Å². The number of ether oxygens (including phenoxy) is 1. The highest BCUT2D eigenvalue weighted by molar-refractivity contribution is 8.24. The number of hydrogen-bond acceptors (Lipinski definition) is 6. The van der Waals surface area contributed by atoms with Crippen LogP contribution in [-0.4, -0.2) is 46.6 Å². The van der Waals surface area contributed by atoms with Crippen LogP contribution < -0.4 is 10.2 Å². The maximum atomic E-state index is 10.6. The second-order valence-electron chi connectivity index (χ2n) is 7.37. The highest BCUT2D eigenvalue weighted by Crippen LogP contribution is 2.51. The van der Waals surface area contributed by atoms with Crippen molar-refractivity contribution in [2.45, 2.75) is 18.4 Å². The third-order valence-corrected chi connectivity index (χ3v) is 7.08. The molecule has 154 valence electrons. The molecule has 0 saturated carbocycles. The molecule has 0 bridgehead atoms. The summed E-state index contributed by atoms with van der Waals surface area (Å²) in [4.78, 5) is 7.67. The van der Waals surface area contributed by atoms with Crippen molar-refractivity contribution < 1.29 is 13.8 Å². The Morgan fingerprint density at radius 1 is 1.17 bits per heavy atom. The number of anilines is 2. The summed E-state index contributed by atoms with van der Waals surface area (Å²) in [5.74, 6) is 1.12. The molecule has 2 aromatic carbocycles. The van der Waals surface area contributed by atoms with E-state index in [1.807, 2.05) is 30.3 Å². The van der Waals surface area contributed by atoms with E-state index in [4.69, 9.17) is 9.72 Å². The van der Waals surface area contributed by atoms with Crippen LogP contribution in [0.15, 0.2) is 53.4 Å². The van der Waals surface area contributed by atoms with Gasteiger partial charge in [0.1, 0.15) is 5.82 Å². The van der Waals surface area contributed by atoms with Gasteiger partial charge in [-0.25, -0.2) is 4.98 Å². The molecule has 0 spiro atoms. The number of aryl methyl sites for hydroxylation is 1. The number of rotatable bonds is 5. The minimum Gasteiger partial charge on any atom is -0.383 e. The maximum absolute atomic E-state index is 10.6. The first kappa shape index (κ1) is 20.0. The van der Waals surface area contributed by atoms with Crippen molar-refractivity contribution in [2.75, 3.05) is 42.8 Å². The van der Waals surface area contributed by atoms with E-state index in [1.54, 1.807) is 7.11 Å². The Labute approximate surface area is 172 Å². The summed E-state index contributed by atoms with van der Waals surface area (Å²) < 4.78 is 26.5. The lowest BCUT2D eigenvalue weighted by atomic mass is 10.1. The highest BCUT2D eigenvalue weighted by atomic mass is 32.3. The smallest absolute Gasteiger partial charge is 0.131 e. The molecule has 1 aliphatic rings. The van der Waals surface area contributed by atoms with Gasteiger partial charge in [0.25, 0.3) is 0 Å². The van der Waals surface area contributed by atoms with Crippen molar-refractivity contribution in [3.63, 3.8) is 0 Å². The van der Waals surface area contributed by atoms with E-state index < -0.39 is 10.6 Å². The first-order chi connectivity index (χ1) is 14.0. The van der Waals surface area contributed by atoms with Gasteiger partial charge in [-0.15, -0.1) is 0 Å². The normalized spacial score (nSPS) is 16.9. The topological polar surface area (TPSA) is 77.9 Å². The maximum Gasteiger partial charge on any atom is 0.131 e. The molecule has 0 aliphatic carbocycles. The summed E-state index contributed by atoms with van der Waals surface area (Å²) in [7, 11) is -1.11. The number of methoxy groups -OCH3 is 1. The van der Waals surface area contributed by atoms with Crippen LogP contribution in [0, 0.1) is 6.92 Å². The molecule has 29 heavy (non-hydrogen) atoms. The van der Waals surface area contributed by atoms with Gasteiger partial charge in [0.15, 0.2) is 0 Å². The van der Waals surface area contributed by atoms with E-state index in [0.29, 0.717) is 36.9 Å². The van der Waals surface area contributed by atoms with Crippen molar-refractivity contribution in [2.24, 2.45) is 0 Å². The third-order valence-electron chi connectivity index (χ3n) is 5.23. The zero-order valence-corrected chi connectivity index (χ0v) is 17.6. The Bertz CT molecular complexity index is 1030. The molecule has 6 nitrogen and oxygen atoms in total. The van der Waals surface area contributed by atoms with Crippen LogP contribution in [0.3, 0.4) is 0 Å². The molecule has 3 N–H and O–H groups in total. The van der Waals surface area contributed by atoms with E-state index in [9.17, 15) is 9.11 Å². The molecule has 0 atom stereocenters. The van der Waals surface area contributed by atoms with Gasteiger partial charge < -0.3 is 15.0 Å². The number of benzene rings is 2. The standard InChI is InChI=1S/C22H27N3O3S/c1-16-7-8-19-18(13-16)20(23-9-11-28-2)14-22(24-19)25-10-12-29(26,27)21-6-4-3-5-17(21)15-25/h3-8,13-14,26-27H,9-12,15H2,1-2H3,(H,23,24). The van der Waals surface area contributed by atoms with Crippen LogP contribution in [0.1, 0.15) is 11.1 Å². The summed E-state index contributed by atoms with van der Waals surface area (Å²) in [6.07, 6.45) is 0. The molecule has 0 amide bonds. The van der Waals surface area contributed by atoms with Gasteiger partial charge in [0, 0.05) is 43.9 Å². The quantitative estimate of drug-likeness (QED) is 0.525. The summed E-state index contributed by atoms with van der Waals surface area (Å²) in [6, 6.07) is 15.9. The van der Waals surface area contributed by atoms with Crippen molar-refractivity contribution in [1.29, 1.82) is 0 Å². The molecule has 3 aromatic rings. The fourth-order valence-corrected chi connectivity index (χ4v) is 5.25. The molecule has 0 unspecified atom stereocenters. The molecule has 2 heterocycles. The van der Waals surface area contributed by atoms with Gasteiger partial charge in [-0.2, -0.15) is 10.6 Å². The Morgan fingerprint density at radius 2 is 2.00 bits per heavy atom. The number of hydrogen-bond donors (Lipinski definition) is 3. The Kier molecular flexibility index (Phi) is 5.65. The lowest BCUT2D eigenvalue weighted by Crippen LogP contribution is -2.26. The fourth-order valence-electron chi connectivity index (χ4n) is 3.70. The number of nitrogens with zero attached hydrogens (tertiary/aromatic N) is 2. The van der Waals surface area contributed by atoms with Crippen molar-refractivity contribution in [3.05, 3.63) is 59.7 Å². The molecule has 0 radical (unpaired) electrons. The van der Waals surface area contributed by atoms with Gasteiger partial charge in [-0.3, -0.25) is 9.11 Å². The number of nitrogens with one attached hydrogen (secondary N) is 1. The van der Waals surface area contributed by atoms with E-state index in [2.05, 4.69) is 35.3 Å². The zero-order chi connectivity index (χ0) is 20.4. The van der Waals surface area contributed by atoms with Gasteiger partial charge in [0.05, 0.1) is 22.8 Å². The van der Waals surface area contributed by atoms with Crippen molar-refractivity contribution >= 4 is 33.0 Å². The SMILES string of the molecule is COCCNc1cc(N2CCS(O)(O)c3ccccc3C2)nc2ccc(C)cc12. The van der Waals surface area contributed by atoms with Crippen LogP contribution >= 0.6 is 10.6 Å². The lowest BCUT2D eigenvalue weighted by Gasteiger charge is -2.32. The zero-order valence-electron chi connectivity index (χ0n) is 16.8. The molecule has 1 aliphatic heterocycles. The molecule has 0 fully saturated rings. The summed E-state index contributed by atoms with van der Waals surface area (Å²) in [6.45, 7) is 4.50. The number of aromatic nitrogens is 1. The van der Waals surface area contributed by atoms with Gasteiger partial charge >= 0.3 is 0 Å². The molecule has 7 heteroatoms. The second-order valence-corrected chi connectivity index (χ2v) is 9.55. The van der Waals surface area contributed by atoms with Crippen LogP contribution in [0.5, 0.6) is 0 Å². The predicted octanol–water partition coefficient (Wildman–Crippen LogP) is 4.73. The van der Waals surface area contributed by atoms with Gasteiger partial charge in [-0.1, -0.05) is 29.8 Å². The first-order valence-corrected chi connectivity index (χ1v) is 11.4. The highest BCUT2D eigenvalue weighted by Gasteiger charge is 2.26. The molecule has 0 saturated heterocycles. The van der Waals surface area contributed by atoms with Crippen molar-refractivity contribution in [1.82, 2.24) is 4.98 Å². The number of pyridine rings is 1. The Balaban J connectivity index is 1.74. The van der Waals surface area contributed by atoms with Crippen LogP contribution in [-0.2, 0) is 11.3 Å². The predicted molar refractivity (Wildman–Crippen MR) is 120 cm³/mol. The summed E-state index contributed by atoms with van der Waals surface area (Å²) in [5.41, 5.74) is 4.04. The van der Waals surface area contributed by atoms with Gasteiger partial charge in [-0.05, 0) is 30.7 Å². The first-order valence-electron chi connectivity index (χ1n) is 9.71. The number of fused-ring (bicyclic) bond motifs is 2. The van der Waals surface area contributed by atoms with E-state index >= 15 is 0 Å². The average Bonchev–Trinajstić information content (AvgIpc) is 2.84. The fraction of sp³-hybridized carbons (Fsp3) is 0.318. The third kappa shape index (κ3) is 4.18. The molecular weight excluding hydrogens is 386 g/mol. The lowest BCUT2D eigenvalue weighted by molar-refractivity contribution is 0.211. The Hall–Kier alpha value is -2.32. The average molecular weight is 414 g/mol. The van der Waals surface area contributed by atoms with Crippen LogP contribution in [0.25, 0.3) is 10.9 Å². The summed E-state index contributed by atoms with van der Waals surface area (Å²) >= 11 is 0. The van der Waals surface area contributed by atoms with Gasteiger partial charge in [0.2, 0.25) is 0 Å². The largest absolute Gasteiger partial charge is 0.383 e. The summed E-state index contributed by atoms with van der Waals surface area (Å²) in [5, 5.41) is 4.53. The Morgan fingerprint density at radius 3 is 2.83 bits per heavy atom. The molecule has 1 aromatic heterocycles. The van der Waals surface area contributed by atoms with E-state index in [-0.39, 0.29) is 0 Å². The van der Waals surface area contributed by atoms with E-state index in [1.165, 1.54) is 5.56 Å². The van der Waals surface area contributed by atoms with Crippen LogP contribution in [0.4, 0.5) is 11.5 Å². The van der Waals surface area contributed by atoms with Crippen LogP contribution in [0.2, 0.25) is 0 Å². The second kappa shape index (κ2) is 8.20.